The monoisotopic (exact) mass is 230 g/mol. The van der Waals surface area contributed by atoms with Crippen molar-refractivity contribution in [3.8, 4) is 6.07 Å². The fourth-order valence-electron chi connectivity index (χ4n) is 1.94. The Morgan fingerprint density at radius 2 is 2.18 bits per heavy atom. The number of nitrogens with zero attached hydrogens (tertiary/aromatic N) is 1. The highest BCUT2D eigenvalue weighted by Crippen LogP contribution is 2.41. The molecule has 4 nitrogen and oxygen atoms in total. The number of amides is 1. The topological polar surface area (TPSA) is 73.1 Å². The van der Waals surface area contributed by atoms with E-state index in [4.69, 9.17) is 10.4 Å². The smallest absolute Gasteiger partial charge is 0.244 e. The zero-order valence-electron chi connectivity index (χ0n) is 9.44. The van der Waals surface area contributed by atoms with Gasteiger partial charge in [0.1, 0.15) is 5.41 Å². The average Bonchev–Trinajstić information content (AvgIpc) is 2.29. The highest BCUT2D eigenvalue weighted by Gasteiger charge is 2.44. The molecule has 4 heteroatoms. The maximum Gasteiger partial charge on any atom is 0.244 e. The number of para-hydroxylation sites is 1. The molecule has 1 saturated carbocycles. The summed E-state index contributed by atoms with van der Waals surface area (Å²) in [5.41, 5.74) is 0.387. The molecular weight excluding hydrogens is 216 g/mol. The second kappa shape index (κ2) is 4.56. The molecule has 1 aliphatic rings. The number of benzene rings is 1. The fourth-order valence-corrected chi connectivity index (χ4v) is 1.94. The number of hydrogen-bond acceptors (Lipinski definition) is 3. The molecular formula is C13H14N2O2. The number of nitrogens with one attached hydrogen (secondary N) is 1. The van der Waals surface area contributed by atoms with Gasteiger partial charge in [-0.2, -0.15) is 5.26 Å². The Labute approximate surface area is 99.9 Å². The summed E-state index contributed by atoms with van der Waals surface area (Å²) in [5.74, 6) is -0.257. The van der Waals surface area contributed by atoms with E-state index < -0.39 is 5.41 Å². The van der Waals surface area contributed by atoms with E-state index in [0.29, 0.717) is 24.1 Å². The molecule has 1 aromatic rings. The predicted molar refractivity (Wildman–Crippen MR) is 62.9 cm³/mol. The van der Waals surface area contributed by atoms with Gasteiger partial charge in [0.2, 0.25) is 5.91 Å². The van der Waals surface area contributed by atoms with E-state index in [9.17, 15) is 4.79 Å². The number of nitriles is 1. The molecule has 0 saturated heterocycles. The van der Waals surface area contributed by atoms with Crippen LogP contribution in [0.1, 0.15) is 24.8 Å². The predicted octanol–water partition coefficient (Wildman–Crippen LogP) is 1.81. The van der Waals surface area contributed by atoms with E-state index in [1.807, 2.05) is 0 Å². The third-order valence-electron chi connectivity index (χ3n) is 3.29. The summed E-state index contributed by atoms with van der Waals surface area (Å²) in [4.78, 5) is 12.0. The van der Waals surface area contributed by atoms with Crippen LogP contribution in [-0.4, -0.2) is 11.0 Å². The summed E-state index contributed by atoms with van der Waals surface area (Å²) < 4.78 is 0. The largest absolute Gasteiger partial charge is 0.392 e. The molecule has 0 aromatic heterocycles. The van der Waals surface area contributed by atoms with Crippen LogP contribution in [0.4, 0.5) is 5.69 Å². The normalized spacial score (nSPS) is 16.7. The molecule has 1 amide bonds. The molecule has 2 N–H and O–H groups in total. The minimum absolute atomic E-state index is 0.129. The van der Waals surface area contributed by atoms with Crippen molar-refractivity contribution >= 4 is 11.6 Å². The Bertz CT molecular complexity index is 473. The van der Waals surface area contributed by atoms with Crippen LogP contribution < -0.4 is 5.32 Å². The molecule has 17 heavy (non-hydrogen) atoms. The third-order valence-corrected chi connectivity index (χ3v) is 3.29. The standard InChI is InChI=1S/C13H14N2O2/c14-9-13(6-3-7-13)12(17)15-11-5-2-1-4-10(11)8-16/h1-2,4-5,16H,3,6-8H2,(H,15,17). The lowest BCUT2D eigenvalue weighted by atomic mass is 9.69. The molecule has 0 radical (unpaired) electrons. The fraction of sp³-hybridized carbons (Fsp3) is 0.385. The van der Waals surface area contributed by atoms with Crippen molar-refractivity contribution in [3.63, 3.8) is 0 Å². The Morgan fingerprint density at radius 3 is 2.71 bits per heavy atom. The van der Waals surface area contributed by atoms with Crippen LogP contribution in [0.5, 0.6) is 0 Å². The zero-order valence-corrected chi connectivity index (χ0v) is 9.44. The van der Waals surface area contributed by atoms with Gasteiger partial charge in [-0.05, 0) is 25.3 Å². The lowest BCUT2D eigenvalue weighted by Crippen LogP contribution is -2.40. The molecule has 0 aliphatic heterocycles. The van der Waals surface area contributed by atoms with Crippen molar-refractivity contribution in [1.82, 2.24) is 0 Å². The summed E-state index contributed by atoms with van der Waals surface area (Å²) in [7, 11) is 0. The van der Waals surface area contributed by atoms with Crippen LogP contribution >= 0.6 is 0 Å². The molecule has 1 aliphatic carbocycles. The quantitative estimate of drug-likeness (QED) is 0.831. The van der Waals surface area contributed by atoms with Gasteiger partial charge in [0, 0.05) is 11.3 Å². The van der Waals surface area contributed by atoms with E-state index in [1.165, 1.54) is 0 Å². The van der Waals surface area contributed by atoms with Crippen molar-refractivity contribution in [2.75, 3.05) is 5.32 Å². The third kappa shape index (κ3) is 2.02. The number of aliphatic hydroxyl groups is 1. The average molecular weight is 230 g/mol. The van der Waals surface area contributed by atoms with E-state index in [1.54, 1.807) is 24.3 Å². The number of carbonyl (C=O) groups excluding carboxylic acids is 1. The van der Waals surface area contributed by atoms with E-state index in [2.05, 4.69) is 11.4 Å². The lowest BCUT2D eigenvalue weighted by molar-refractivity contribution is -0.126. The molecule has 0 unspecified atom stereocenters. The van der Waals surface area contributed by atoms with Gasteiger partial charge in [-0.1, -0.05) is 18.2 Å². The number of carbonyl (C=O) groups is 1. The number of anilines is 1. The summed E-state index contributed by atoms with van der Waals surface area (Å²) in [6.45, 7) is -0.129. The molecule has 1 aromatic carbocycles. The van der Waals surface area contributed by atoms with Gasteiger partial charge in [0.05, 0.1) is 12.7 Å². The SMILES string of the molecule is N#CC1(C(=O)Nc2ccccc2CO)CCC1. The minimum atomic E-state index is -0.859. The van der Waals surface area contributed by atoms with Crippen molar-refractivity contribution in [2.24, 2.45) is 5.41 Å². The van der Waals surface area contributed by atoms with Gasteiger partial charge >= 0.3 is 0 Å². The van der Waals surface area contributed by atoms with E-state index >= 15 is 0 Å². The minimum Gasteiger partial charge on any atom is -0.392 e. The molecule has 0 spiro atoms. The van der Waals surface area contributed by atoms with Gasteiger partial charge in [0.15, 0.2) is 0 Å². The first-order chi connectivity index (χ1) is 8.22. The maximum atomic E-state index is 12.0. The van der Waals surface area contributed by atoms with Crippen LogP contribution in [0.2, 0.25) is 0 Å². The Kier molecular flexibility index (Phi) is 3.12. The van der Waals surface area contributed by atoms with Gasteiger partial charge in [-0.3, -0.25) is 4.79 Å². The summed E-state index contributed by atoms with van der Waals surface area (Å²) in [6.07, 6.45) is 2.16. The van der Waals surface area contributed by atoms with Crippen LogP contribution in [0, 0.1) is 16.7 Å². The summed E-state index contributed by atoms with van der Waals surface area (Å²) in [6, 6.07) is 9.16. The summed E-state index contributed by atoms with van der Waals surface area (Å²) in [5, 5.41) is 20.9. The maximum absolute atomic E-state index is 12.0. The van der Waals surface area contributed by atoms with Crippen molar-refractivity contribution < 1.29 is 9.90 Å². The van der Waals surface area contributed by atoms with Gasteiger partial charge < -0.3 is 10.4 Å². The molecule has 0 atom stereocenters. The van der Waals surface area contributed by atoms with E-state index in [0.717, 1.165) is 6.42 Å². The number of hydrogen-bond donors (Lipinski definition) is 2. The molecule has 0 bridgehead atoms. The van der Waals surface area contributed by atoms with Gasteiger partial charge in [-0.15, -0.1) is 0 Å². The Hall–Kier alpha value is -1.86. The molecule has 1 fully saturated rings. The van der Waals surface area contributed by atoms with Crippen LogP contribution in [-0.2, 0) is 11.4 Å². The first-order valence-electron chi connectivity index (χ1n) is 5.63. The Balaban J connectivity index is 2.16. The molecule has 88 valence electrons. The van der Waals surface area contributed by atoms with Crippen molar-refractivity contribution in [3.05, 3.63) is 29.8 Å². The Morgan fingerprint density at radius 1 is 1.47 bits per heavy atom. The second-order valence-corrected chi connectivity index (χ2v) is 4.32. The highest BCUT2D eigenvalue weighted by atomic mass is 16.3. The molecule has 0 heterocycles. The number of rotatable bonds is 3. The zero-order chi connectivity index (χ0) is 12.3. The number of aliphatic hydroxyl groups excluding tert-OH is 1. The lowest BCUT2D eigenvalue weighted by Gasteiger charge is -2.33. The summed E-state index contributed by atoms with van der Waals surface area (Å²) >= 11 is 0. The van der Waals surface area contributed by atoms with Gasteiger partial charge in [0.25, 0.3) is 0 Å². The van der Waals surface area contributed by atoms with Crippen molar-refractivity contribution in [1.29, 1.82) is 5.26 Å². The van der Waals surface area contributed by atoms with E-state index in [-0.39, 0.29) is 12.5 Å². The van der Waals surface area contributed by atoms with Gasteiger partial charge in [-0.25, -0.2) is 0 Å². The molecule has 2 rings (SSSR count). The first kappa shape index (κ1) is 11.6. The highest BCUT2D eigenvalue weighted by molar-refractivity contribution is 5.98. The van der Waals surface area contributed by atoms with Crippen LogP contribution in [0.15, 0.2) is 24.3 Å². The van der Waals surface area contributed by atoms with Crippen LogP contribution in [0.3, 0.4) is 0 Å². The first-order valence-corrected chi connectivity index (χ1v) is 5.63. The van der Waals surface area contributed by atoms with Crippen LogP contribution in [0.25, 0.3) is 0 Å². The second-order valence-electron chi connectivity index (χ2n) is 4.32. The van der Waals surface area contributed by atoms with Crippen molar-refractivity contribution in [2.45, 2.75) is 25.9 Å².